The van der Waals surface area contributed by atoms with Crippen LogP contribution in [0.2, 0.25) is 0 Å². The number of pyridine rings is 1. The summed E-state index contributed by atoms with van der Waals surface area (Å²) in [4.78, 5) is 17.7. The number of aryl methyl sites for hydroxylation is 2. The summed E-state index contributed by atoms with van der Waals surface area (Å²) in [5.74, 6) is -0.312. The molecule has 32 heavy (non-hydrogen) atoms. The summed E-state index contributed by atoms with van der Waals surface area (Å²) in [5, 5.41) is 5.17. The van der Waals surface area contributed by atoms with E-state index < -0.39 is 0 Å². The Morgan fingerprint density at radius 3 is 2.56 bits per heavy atom. The first-order valence-corrected chi connectivity index (χ1v) is 10.3. The van der Waals surface area contributed by atoms with Crippen molar-refractivity contribution in [2.75, 3.05) is 7.11 Å². The molecule has 0 saturated heterocycles. The van der Waals surface area contributed by atoms with Crippen LogP contribution in [0.1, 0.15) is 11.3 Å². The maximum Gasteiger partial charge on any atom is 0.261 e. The van der Waals surface area contributed by atoms with Gasteiger partial charge < -0.3 is 9.30 Å². The lowest BCUT2D eigenvalue weighted by Crippen LogP contribution is -2.21. The molecule has 5 rings (SSSR count). The van der Waals surface area contributed by atoms with Crippen molar-refractivity contribution in [1.82, 2.24) is 19.2 Å². The van der Waals surface area contributed by atoms with Crippen LogP contribution in [0.5, 0.6) is 0 Å². The second-order valence-corrected chi connectivity index (χ2v) is 7.60. The molecule has 7 heteroatoms. The van der Waals surface area contributed by atoms with Gasteiger partial charge in [-0.3, -0.25) is 4.79 Å². The molecule has 5 aromatic rings. The van der Waals surface area contributed by atoms with Crippen molar-refractivity contribution in [2.45, 2.75) is 19.6 Å². The van der Waals surface area contributed by atoms with Gasteiger partial charge in [-0.25, -0.2) is 13.9 Å². The number of fused-ring (bicyclic) bond motifs is 3. The van der Waals surface area contributed by atoms with E-state index in [9.17, 15) is 9.18 Å². The molecular weight excluding hydrogens is 407 g/mol. The third kappa shape index (κ3) is 3.56. The smallest absolute Gasteiger partial charge is 0.261 e. The zero-order chi connectivity index (χ0) is 22.1. The fourth-order valence-electron chi connectivity index (χ4n) is 3.97. The maximum atomic E-state index is 13.5. The summed E-state index contributed by atoms with van der Waals surface area (Å²) in [5.41, 5.74) is 4.55. The molecule has 3 heterocycles. The van der Waals surface area contributed by atoms with Crippen LogP contribution >= 0.6 is 0 Å². The minimum Gasteiger partial charge on any atom is -0.378 e. The number of halogens is 1. The van der Waals surface area contributed by atoms with Crippen molar-refractivity contribution < 1.29 is 9.13 Å². The van der Waals surface area contributed by atoms with Crippen molar-refractivity contribution >= 4 is 16.6 Å². The monoisotopic (exact) mass is 428 g/mol. The van der Waals surface area contributed by atoms with Crippen molar-refractivity contribution in [3.8, 4) is 11.1 Å². The Bertz CT molecular complexity index is 1460. The highest BCUT2D eigenvalue weighted by molar-refractivity contribution is 5.86. The molecule has 0 aliphatic heterocycles. The quantitative estimate of drug-likeness (QED) is 0.406. The van der Waals surface area contributed by atoms with Gasteiger partial charge in [-0.15, -0.1) is 0 Å². The van der Waals surface area contributed by atoms with Gasteiger partial charge in [0.15, 0.2) is 5.65 Å². The summed E-state index contributed by atoms with van der Waals surface area (Å²) in [6, 6.07) is 18.1. The summed E-state index contributed by atoms with van der Waals surface area (Å²) in [7, 11) is 1.59. The van der Waals surface area contributed by atoms with E-state index in [2.05, 4.69) is 22.2 Å². The molecule has 0 radical (unpaired) electrons. The predicted octanol–water partition coefficient (Wildman–Crippen LogP) is 4.24. The standard InChI is InChI=1S/C25H21FN4O2/c1-32-16-21-23(18-7-9-19(26)10-8-18)24-27-15-20-22(30(24)28-21)12-14-29(25(20)31)13-11-17-5-3-2-4-6-17/h2-10,12,14-15H,11,13,16H2,1H3. The Balaban J connectivity index is 1.61. The SMILES string of the molecule is COCc1nn2c(ncc3c(=O)n(CCc4ccccc4)ccc32)c1-c1ccc(F)cc1. The van der Waals surface area contributed by atoms with E-state index in [1.165, 1.54) is 17.7 Å². The zero-order valence-electron chi connectivity index (χ0n) is 17.5. The predicted molar refractivity (Wildman–Crippen MR) is 121 cm³/mol. The Morgan fingerprint density at radius 1 is 1.03 bits per heavy atom. The third-order valence-corrected chi connectivity index (χ3v) is 5.56. The minimum atomic E-state index is -0.312. The highest BCUT2D eigenvalue weighted by Gasteiger charge is 2.18. The third-order valence-electron chi connectivity index (χ3n) is 5.56. The molecule has 0 aliphatic rings. The first-order chi connectivity index (χ1) is 15.7. The summed E-state index contributed by atoms with van der Waals surface area (Å²) in [6.45, 7) is 0.845. The van der Waals surface area contributed by atoms with Crippen molar-refractivity contribution in [2.24, 2.45) is 0 Å². The molecule has 160 valence electrons. The van der Waals surface area contributed by atoms with Gasteiger partial charge in [0, 0.05) is 26.0 Å². The Labute approximate surface area is 183 Å². The number of nitrogens with zero attached hydrogens (tertiary/aromatic N) is 4. The number of benzene rings is 2. The summed E-state index contributed by atoms with van der Waals surface area (Å²) in [6.07, 6.45) is 4.15. The molecule has 0 unspecified atom stereocenters. The van der Waals surface area contributed by atoms with Crippen LogP contribution in [-0.2, 0) is 24.3 Å². The second-order valence-electron chi connectivity index (χ2n) is 7.60. The van der Waals surface area contributed by atoms with Crippen LogP contribution in [-0.4, -0.2) is 26.3 Å². The largest absolute Gasteiger partial charge is 0.378 e. The molecule has 6 nitrogen and oxygen atoms in total. The van der Waals surface area contributed by atoms with Crippen molar-refractivity contribution in [3.05, 3.63) is 100 Å². The minimum absolute atomic E-state index is 0.111. The molecular formula is C25H21FN4O2. The van der Waals surface area contributed by atoms with Crippen molar-refractivity contribution in [1.29, 1.82) is 0 Å². The van der Waals surface area contributed by atoms with E-state index in [0.717, 1.165) is 17.5 Å². The second kappa shape index (κ2) is 8.36. The van der Waals surface area contributed by atoms with Crippen LogP contribution in [0.15, 0.2) is 77.9 Å². The van der Waals surface area contributed by atoms with Gasteiger partial charge in [0.2, 0.25) is 0 Å². The van der Waals surface area contributed by atoms with Gasteiger partial charge >= 0.3 is 0 Å². The van der Waals surface area contributed by atoms with Gasteiger partial charge in [-0.2, -0.15) is 5.10 Å². The number of hydrogen-bond donors (Lipinski definition) is 0. The van der Waals surface area contributed by atoms with Gasteiger partial charge in [0.1, 0.15) is 5.82 Å². The lowest BCUT2D eigenvalue weighted by atomic mass is 10.1. The van der Waals surface area contributed by atoms with E-state index in [4.69, 9.17) is 4.74 Å². The molecule has 3 aromatic heterocycles. The number of aromatic nitrogens is 4. The number of ether oxygens (including phenoxy) is 1. The Kier molecular flexibility index (Phi) is 5.25. The molecule has 0 spiro atoms. The zero-order valence-corrected chi connectivity index (χ0v) is 17.5. The van der Waals surface area contributed by atoms with Crippen LogP contribution in [0.4, 0.5) is 4.39 Å². The van der Waals surface area contributed by atoms with Gasteiger partial charge in [-0.05, 0) is 35.7 Å². The van der Waals surface area contributed by atoms with E-state index in [1.807, 2.05) is 24.3 Å². The molecule has 0 N–H and O–H groups in total. The molecule has 0 bridgehead atoms. The topological polar surface area (TPSA) is 61.4 Å². The summed E-state index contributed by atoms with van der Waals surface area (Å²) >= 11 is 0. The average molecular weight is 428 g/mol. The lowest BCUT2D eigenvalue weighted by molar-refractivity contribution is 0.181. The number of methoxy groups -OCH3 is 1. The van der Waals surface area contributed by atoms with E-state index in [1.54, 1.807) is 40.7 Å². The van der Waals surface area contributed by atoms with Crippen LogP contribution in [0.3, 0.4) is 0 Å². The first kappa shape index (κ1) is 20.1. The van der Waals surface area contributed by atoms with E-state index in [-0.39, 0.29) is 18.0 Å². The highest BCUT2D eigenvalue weighted by Crippen LogP contribution is 2.29. The Hall–Kier alpha value is -3.84. The lowest BCUT2D eigenvalue weighted by Gasteiger charge is -2.08. The van der Waals surface area contributed by atoms with Gasteiger partial charge in [0.25, 0.3) is 5.56 Å². The summed E-state index contributed by atoms with van der Waals surface area (Å²) < 4.78 is 22.2. The normalized spacial score (nSPS) is 11.4. The Morgan fingerprint density at radius 2 is 1.81 bits per heavy atom. The van der Waals surface area contributed by atoms with Gasteiger partial charge in [-0.1, -0.05) is 42.5 Å². The highest BCUT2D eigenvalue weighted by atomic mass is 19.1. The number of hydrogen-bond acceptors (Lipinski definition) is 4. The van der Waals surface area contributed by atoms with E-state index >= 15 is 0 Å². The molecule has 0 amide bonds. The van der Waals surface area contributed by atoms with Crippen LogP contribution in [0.25, 0.3) is 27.7 Å². The first-order valence-electron chi connectivity index (χ1n) is 10.3. The molecule has 2 aromatic carbocycles. The van der Waals surface area contributed by atoms with Crippen molar-refractivity contribution in [3.63, 3.8) is 0 Å². The number of rotatable bonds is 6. The average Bonchev–Trinajstić information content (AvgIpc) is 3.18. The van der Waals surface area contributed by atoms with Crippen LogP contribution < -0.4 is 5.56 Å². The molecule has 0 fully saturated rings. The van der Waals surface area contributed by atoms with Gasteiger partial charge in [0.05, 0.1) is 28.8 Å². The molecule has 0 saturated carbocycles. The molecule has 0 aliphatic carbocycles. The van der Waals surface area contributed by atoms with E-state index in [0.29, 0.717) is 28.8 Å². The van der Waals surface area contributed by atoms with Crippen LogP contribution in [0, 0.1) is 5.82 Å². The fourth-order valence-corrected chi connectivity index (χ4v) is 3.97. The molecule has 0 atom stereocenters. The fraction of sp³-hybridized carbons (Fsp3) is 0.160. The maximum absolute atomic E-state index is 13.5.